The zero-order chi connectivity index (χ0) is 14.2. The molecule has 0 aliphatic rings. The molecule has 2 aromatic rings. The van der Waals surface area contributed by atoms with Crippen LogP contribution in [0.3, 0.4) is 0 Å². The van der Waals surface area contributed by atoms with Gasteiger partial charge in [-0.05, 0) is 0 Å². The fraction of sp³-hybridized carbons (Fsp3) is 0.222. The molecule has 104 valence electrons. The summed E-state index contributed by atoms with van der Waals surface area (Å²) in [5, 5.41) is 0. The zero-order valence-electron chi connectivity index (χ0n) is 12.0. The van der Waals surface area contributed by atoms with Gasteiger partial charge in [0.1, 0.15) is 0 Å². The number of benzene rings is 2. The monoisotopic (exact) mass is 332 g/mol. The van der Waals surface area contributed by atoms with E-state index in [1.165, 1.54) is 14.5 Å². The van der Waals surface area contributed by atoms with Crippen LogP contribution in [-0.2, 0) is 11.3 Å². The van der Waals surface area contributed by atoms with E-state index in [2.05, 4.69) is 56.3 Å². The predicted molar refractivity (Wildman–Crippen MR) is 86.0 cm³/mol. The summed E-state index contributed by atoms with van der Waals surface area (Å²) in [5.41, 5.74) is 1.21. The number of hydrogen-bond acceptors (Lipinski definition) is 1. The number of ether oxygens (including phenoxy) is 1. The van der Waals surface area contributed by atoms with Crippen molar-refractivity contribution in [2.45, 2.75) is 20.5 Å². The number of allylic oxidation sites excluding steroid dienone is 1. The Bertz CT molecular complexity index is 532. The van der Waals surface area contributed by atoms with Crippen LogP contribution in [0, 0.1) is 5.92 Å². The third-order valence-electron chi connectivity index (χ3n) is 2.84. The SMILES string of the molecule is CC(C)/C(=C/OCc1ccccc1)[Se]c1ccccc1. The molecule has 0 atom stereocenters. The van der Waals surface area contributed by atoms with Crippen LogP contribution in [0.15, 0.2) is 71.4 Å². The van der Waals surface area contributed by atoms with Gasteiger partial charge in [-0.15, -0.1) is 0 Å². The van der Waals surface area contributed by atoms with Gasteiger partial charge < -0.3 is 0 Å². The van der Waals surface area contributed by atoms with Gasteiger partial charge >= 0.3 is 127 Å². The fourth-order valence-corrected chi connectivity index (χ4v) is 3.62. The Kier molecular flexibility index (Phi) is 5.91. The third kappa shape index (κ3) is 4.88. The van der Waals surface area contributed by atoms with Crippen molar-refractivity contribution in [3.63, 3.8) is 0 Å². The Morgan fingerprint density at radius 2 is 1.60 bits per heavy atom. The topological polar surface area (TPSA) is 9.23 Å². The molecular formula is C18H20OSe. The first-order chi connectivity index (χ1) is 9.75. The zero-order valence-corrected chi connectivity index (χ0v) is 13.7. The summed E-state index contributed by atoms with van der Waals surface area (Å²) in [6.45, 7) is 5.09. The summed E-state index contributed by atoms with van der Waals surface area (Å²) >= 11 is 0.339. The molecule has 0 unspecified atom stereocenters. The van der Waals surface area contributed by atoms with Gasteiger partial charge in [-0.3, -0.25) is 0 Å². The minimum atomic E-state index is 0.339. The Morgan fingerprint density at radius 1 is 1.00 bits per heavy atom. The van der Waals surface area contributed by atoms with Crippen LogP contribution in [-0.4, -0.2) is 15.0 Å². The van der Waals surface area contributed by atoms with Gasteiger partial charge in [-0.25, -0.2) is 0 Å². The Balaban J connectivity index is 1.96. The molecule has 0 heterocycles. The maximum absolute atomic E-state index is 5.77. The first-order valence-corrected chi connectivity index (χ1v) is 8.55. The summed E-state index contributed by atoms with van der Waals surface area (Å²) in [5.74, 6) is 0.519. The van der Waals surface area contributed by atoms with Gasteiger partial charge in [0.2, 0.25) is 0 Å². The second-order valence-corrected chi connectivity index (χ2v) is 7.29. The molecule has 0 bridgehead atoms. The van der Waals surface area contributed by atoms with Gasteiger partial charge in [0.15, 0.2) is 0 Å². The summed E-state index contributed by atoms with van der Waals surface area (Å²) in [6.07, 6.45) is 1.96. The van der Waals surface area contributed by atoms with Gasteiger partial charge in [0.05, 0.1) is 0 Å². The molecule has 2 aromatic carbocycles. The molecule has 0 spiro atoms. The van der Waals surface area contributed by atoms with Crippen LogP contribution >= 0.6 is 0 Å². The summed E-state index contributed by atoms with van der Waals surface area (Å²) < 4.78 is 8.55. The van der Waals surface area contributed by atoms with Crippen LogP contribution < -0.4 is 4.46 Å². The van der Waals surface area contributed by atoms with E-state index < -0.39 is 0 Å². The van der Waals surface area contributed by atoms with Crippen LogP contribution in [0.2, 0.25) is 0 Å². The molecule has 0 aliphatic heterocycles. The Labute approximate surface area is 127 Å². The van der Waals surface area contributed by atoms with E-state index in [4.69, 9.17) is 4.74 Å². The molecule has 20 heavy (non-hydrogen) atoms. The second kappa shape index (κ2) is 7.94. The van der Waals surface area contributed by atoms with E-state index in [0.717, 1.165) is 0 Å². The van der Waals surface area contributed by atoms with Crippen molar-refractivity contribution in [2.24, 2.45) is 5.92 Å². The van der Waals surface area contributed by atoms with Gasteiger partial charge in [0, 0.05) is 0 Å². The van der Waals surface area contributed by atoms with Crippen molar-refractivity contribution < 1.29 is 4.74 Å². The van der Waals surface area contributed by atoms with Crippen LogP contribution in [0.25, 0.3) is 0 Å². The number of hydrogen-bond donors (Lipinski definition) is 0. The molecule has 2 rings (SSSR count). The van der Waals surface area contributed by atoms with Crippen LogP contribution in [0.1, 0.15) is 19.4 Å². The van der Waals surface area contributed by atoms with E-state index in [0.29, 0.717) is 27.5 Å². The molecular weight excluding hydrogens is 311 g/mol. The minimum absolute atomic E-state index is 0.339. The maximum atomic E-state index is 5.77. The average molecular weight is 331 g/mol. The standard InChI is InChI=1S/C18H20OSe/c1-15(2)18(20-17-11-7-4-8-12-17)14-19-13-16-9-5-3-6-10-16/h3-12,14-15H,13H2,1-2H3/b18-14-. The normalized spacial score (nSPS) is 11.7. The van der Waals surface area contributed by atoms with E-state index in [-0.39, 0.29) is 0 Å². The predicted octanol–water partition coefficient (Wildman–Crippen LogP) is 3.73. The molecule has 0 radical (unpaired) electrons. The Morgan fingerprint density at radius 3 is 2.20 bits per heavy atom. The summed E-state index contributed by atoms with van der Waals surface area (Å²) in [7, 11) is 0. The average Bonchev–Trinajstić information content (AvgIpc) is 2.48. The molecule has 0 N–H and O–H groups in total. The molecule has 2 heteroatoms. The molecule has 0 saturated heterocycles. The summed E-state index contributed by atoms with van der Waals surface area (Å²) in [4.78, 5) is 0. The fourth-order valence-electron chi connectivity index (χ4n) is 1.70. The van der Waals surface area contributed by atoms with Gasteiger partial charge in [-0.2, -0.15) is 0 Å². The van der Waals surface area contributed by atoms with Crippen molar-refractivity contribution >= 4 is 19.4 Å². The number of rotatable bonds is 6. The Hall–Kier alpha value is -1.50. The summed E-state index contributed by atoms with van der Waals surface area (Å²) in [6, 6.07) is 20.9. The molecule has 1 nitrogen and oxygen atoms in total. The van der Waals surface area contributed by atoms with E-state index in [9.17, 15) is 0 Å². The first-order valence-electron chi connectivity index (χ1n) is 6.84. The van der Waals surface area contributed by atoms with E-state index in [1.807, 2.05) is 24.5 Å². The van der Waals surface area contributed by atoms with Crippen molar-refractivity contribution in [2.75, 3.05) is 0 Å². The molecule has 0 aliphatic carbocycles. The van der Waals surface area contributed by atoms with Crippen molar-refractivity contribution in [3.05, 3.63) is 77.0 Å². The van der Waals surface area contributed by atoms with Crippen LogP contribution in [0.5, 0.6) is 0 Å². The van der Waals surface area contributed by atoms with Crippen molar-refractivity contribution in [1.29, 1.82) is 0 Å². The quantitative estimate of drug-likeness (QED) is 0.579. The van der Waals surface area contributed by atoms with Crippen molar-refractivity contribution in [1.82, 2.24) is 0 Å². The van der Waals surface area contributed by atoms with Crippen molar-refractivity contribution in [3.8, 4) is 0 Å². The molecule has 0 amide bonds. The second-order valence-electron chi connectivity index (χ2n) is 4.89. The van der Waals surface area contributed by atoms with Gasteiger partial charge in [-0.1, -0.05) is 0 Å². The molecule has 0 aromatic heterocycles. The van der Waals surface area contributed by atoms with Crippen LogP contribution in [0.4, 0.5) is 0 Å². The van der Waals surface area contributed by atoms with E-state index in [1.54, 1.807) is 0 Å². The third-order valence-corrected chi connectivity index (χ3v) is 5.59. The molecule has 0 saturated carbocycles. The molecule has 0 fully saturated rings. The first kappa shape index (κ1) is 14.9. The van der Waals surface area contributed by atoms with Gasteiger partial charge in [0.25, 0.3) is 0 Å². The van der Waals surface area contributed by atoms with E-state index >= 15 is 0 Å².